The van der Waals surface area contributed by atoms with Crippen LogP contribution in [0.3, 0.4) is 0 Å². The van der Waals surface area contributed by atoms with Crippen LogP contribution in [-0.4, -0.2) is 5.97 Å². The van der Waals surface area contributed by atoms with Crippen molar-refractivity contribution in [1.29, 1.82) is 0 Å². The van der Waals surface area contributed by atoms with Gasteiger partial charge in [0.1, 0.15) is 11.6 Å². The average molecular weight is 256 g/mol. The first-order valence-corrected chi connectivity index (χ1v) is 5.86. The Morgan fingerprint density at radius 1 is 1.05 bits per heavy atom. The molecular formula is C16H13FO2. The predicted molar refractivity (Wildman–Crippen MR) is 72.3 cm³/mol. The third kappa shape index (κ3) is 3.78. The van der Waals surface area contributed by atoms with Crippen molar-refractivity contribution in [2.75, 3.05) is 0 Å². The van der Waals surface area contributed by atoms with Crippen LogP contribution >= 0.6 is 0 Å². The van der Waals surface area contributed by atoms with Gasteiger partial charge in [0.05, 0.1) is 6.08 Å². The summed E-state index contributed by atoms with van der Waals surface area (Å²) in [5.74, 6) is -0.953. The number of carbonyl (C=O) groups is 1. The molecule has 0 aliphatic carbocycles. The number of carbonyl (C=O) groups excluding carboxylic acids is 1. The molecule has 0 aromatic heterocycles. The molecule has 0 bridgehead atoms. The van der Waals surface area contributed by atoms with Gasteiger partial charge in [0.25, 0.3) is 0 Å². The Morgan fingerprint density at radius 3 is 2.32 bits per heavy atom. The molecule has 0 atom stereocenters. The maximum Gasteiger partial charge on any atom is 0.339 e. The van der Waals surface area contributed by atoms with E-state index in [1.54, 1.807) is 54.6 Å². The summed E-state index contributed by atoms with van der Waals surface area (Å²) in [4.78, 5) is 11.5. The number of esters is 1. The van der Waals surface area contributed by atoms with E-state index < -0.39 is 11.8 Å². The topological polar surface area (TPSA) is 26.3 Å². The van der Waals surface area contributed by atoms with Crippen molar-refractivity contribution >= 4 is 11.8 Å². The van der Waals surface area contributed by atoms with Gasteiger partial charge in [-0.15, -0.1) is 0 Å². The van der Waals surface area contributed by atoms with E-state index in [-0.39, 0.29) is 0 Å². The van der Waals surface area contributed by atoms with Gasteiger partial charge in [-0.1, -0.05) is 48.0 Å². The molecule has 0 saturated carbocycles. The van der Waals surface area contributed by atoms with E-state index in [0.29, 0.717) is 11.3 Å². The number of ether oxygens (including phenoxy) is 1. The molecule has 3 heteroatoms. The van der Waals surface area contributed by atoms with Gasteiger partial charge in [-0.2, -0.15) is 0 Å². The van der Waals surface area contributed by atoms with E-state index in [1.165, 1.54) is 0 Å². The summed E-state index contributed by atoms with van der Waals surface area (Å²) in [5.41, 5.74) is 1.39. The van der Waals surface area contributed by atoms with E-state index in [9.17, 15) is 9.18 Å². The summed E-state index contributed by atoms with van der Waals surface area (Å²) in [6.07, 6.45) is 0.845. The lowest BCUT2D eigenvalue weighted by Crippen LogP contribution is -2.04. The molecule has 0 aliphatic heterocycles. The van der Waals surface area contributed by atoms with Crippen molar-refractivity contribution < 1.29 is 13.9 Å². The molecule has 19 heavy (non-hydrogen) atoms. The highest BCUT2D eigenvalue weighted by molar-refractivity contribution is 5.90. The lowest BCUT2D eigenvalue weighted by atomic mass is 10.1. The first-order valence-electron chi connectivity index (χ1n) is 5.86. The number of hydrogen-bond acceptors (Lipinski definition) is 2. The van der Waals surface area contributed by atoms with Gasteiger partial charge in [0, 0.05) is 5.56 Å². The third-order valence-corrected chi connectivity index (χ3v) is 2.53. The zero-order valence-electron chi connectivity index (χ0n) is 10.5. The number of aryl methyl sites for hydroxylation is 1. The van der Waals surface area contributed by atoms with Crippen LogP contribution in [0.15, 0.2) is 60.7 Å². The Hall–Kier alpha value is -2.42. The molecular weight excluding hydrogens is 243 g/mol. The summed E-state index contributed by atoms with van der Waals surface area (Å²) in [7, 11) is 0. The summed E-state index contributed by atoms with van der Waals surface area (Å²) in [6.45, 7) is 1.91. The molecule has 96 valence electrons. The highest BCUT2D eigenvalue weighted by Gasteiger charge is 2.06. The van der Waals surface area contributed by atoms with Gasteiger partial charge in [0.15, 0.2) is 0 Å². The van der Waals surface area contributed by atoms with Gasteiger partial charge >= 0.3 is 5.97 Å². The highest BCUT2D eigenvalue weighted by Crippen LogP contribution is 2.17. The van der Waals surface area contributed by atoms with Crippen LogP contribution in [0, 0.1) is 6.92 Å². The van der Waals surface area contributed by atoms with Crippen LogP contribution in [0.4, 0.5) is 4.39 Å². The lowest BCUT2D eigenvalue weighted by molar-refractivity contribution is -0.128. The minimum Gasteiger partial charge on any atom is -0.423 e. The third-order valence-electron chi connectivity index (χ3n) is 2.53. The molecule has 2 rings (SSSR count). The van der Waals surface area contributed by atoms with Crippen molar-refractivity contribution in [3.63, 3.8) is 0 Å². The fourth-order valence-electron chi connectivity index (χ4n) is 1.53. The van der Waals surface area contributed by atoms with Crippen LogP contribution in [0.2, 0.25) is 0 Å². The lowest BCUT2D eigenvalue weighted by Gasteiger charge is -2.01. The van der Waals surface area contributed by atoms with Crippen molar-refractivity contribution in [2.45, 2.75) is 6.92 Å². The summed E-state index contributed by atoms with van der Waals surface area (Å²) in [6, 6.07) is 15.4. The van der Waals surface area contributed by atoms with Crippen molar-refractivity contribution in [2.24, 2.45) is 0 Å². The van der Waals surface area contributed by atoms with Gasteiger partial charge in [-0.25, -0.2) is 9.18 Å². The minimum atomic E-state index is -0.732. The molecule has 0 radical (unpaired) electrons. The fourth-order valence-corrected chi connectivity index (χ4v) is 1.53. The standard InChI is InChI=1S/C16H13FO2/c1-12-7-9-13(10-8-12)15(17)11-16(18)19-14-5-3-2-4-6-14/h2-11H,1H3. The van der Waals surface area contributed by atoms with Gasteiger partial charge < -0.3 is 4.74 Å². The zero-order chi connectivity index (χ0) is 13.7. The van der Waals surface area contributed by atoms with Crippen LogP contribution < -0.4 is 4.74 Å². The van der Waals surface area contributed by atoms with Crippen LogP contribution in [0.1, 0.15) is 11.1 Å². The van der Waals surface area contributed by atoms with E-state index >= 15 is 0 Å². The van der Waals surface area contributed by atoms with E-state index in [2.05, 4.69) is 0 Å². The molecule has 0 saturated heterocycles. The Labute approximate surface area is 111 Å². The Bertz CT molecular complexity index is 586. The fraction of sp³-hybridized carbons (Fsp3) is 0.0625. The van der Waals surface area contributed by atoms with Crippen LogP contribution in [0.5, 0.6) is 5.75 Å². The maximum absolute atomic E-state index is 13.8. The predicted octanol–water partition coefficient (Wildman–Crippen LogP) is 3.91. The summed E-state index contributed by atoms with van der Waals surface area (Å²) >= 11 is 0. The number of benzene rings is 2. The Kier molecular flexibility index (Phi) is 4.08. The molecule has 0 fully saturated rings. The quantitative estimate of drug-likeness (QED) is 0.473. The molecule has 0 spiro atoms. The number of para-hydroxylation sites is 1. The van der Waals surface area contributed by atoms with Crippen LogP contribution in [-0.2, 0) is 4.79 Å². The van der Waals surface area contributed by atoms with Crippen LogP contribution in [0.25, 0.3) is 5.83 Å². The smallest absolute Gasteiger partial charge is 0.339 e. The Balaban J connectivity index is 2.08. The molecule has 0 N–H and O–H groups in total. The SMILES string of the molecule is Cc1ccc(C(F)=CC(=O)Oc2ccccc2)cc1. The van der Waals surface area contributed by atoms with Gasteiger partial charge in [-0.3, -0.25) is 0 Å². The van der Waals surface area contributed by atoms with E-state index in [4.69, 9.17) is 4.74 Å². The Morgan fingerprint density at radius 2 is 1.68 bits per heavy atom. The van der Waals surface area contributed by atoms with Crippen molar-refractivity contribution in [1.82, 2.24) is 0 Å². The molecule has 0 heterocycles. The zero-order valence-corrected chi connectivity index (χ0v) is 10.5. The second kappa shape index (κ2) is 5.96. The first kappa shape index (κ1) is 13.0. The number of hydrogen-bond donors (Lipinski definition) is 0. The summed E-state index contributed by atoms with van der Waals surface area (Å²) < 4.78 is 18.8. The second-order valence-corrected chi connectivity index (χ2v) is 4.09. The highest BCUT2D eigenvalue weighted by atomic mass is 19.1. The molecule has 2 nitrogen and oxygen atoms in total. The summed E-state index contributed by atoms with van der Waals surface area (Å²) in [5, 5.41) is 0. The molecule has 0 unspecified atom stereocenters. The monoisotopic (exact) mass is 256 g/mol. The molecule has 2 aromatic rings. The first-order chi connectivity index (χ1) is 9.15. The second-order valence-electron chi connectivity index (χ2n) is 4.09. The van der Waals surface area contributed by atoms with Crippen molar-refractivity contribution in [3.05, 3.63) is 71.8 Å². The maximum atomic E-state index is 13.8. The minimum absolute atomic E-state index is 0.357. The largest absolute Gasteiger partial charge is 0.423 e. The van der Waals surface area contributed by atoms with Gasteiger partial charge in [0.2, 0.25) is 0 Å². The number of rotatable bonds is 3. The average Bonchev–Trinajstić information content (AvgIpc) is 2.40. The molecule has 0 amide bonds. The van der Waals surface area contributed by atoms with Crippen molar-refractivity contribution in [3.8, 4) is 5.75 Å². The normalized spacial score (nSPS) is 11.2. The van der Waals surface area contributed by atoms with Gasteiger partial charge in [-0.05, 0) is 19.1 Å². The van der Waals surface area contributed by atoms with E-state index in [0.717, 1.165) is 11.6 Å². The molecule has 2 aromatic carbocycles. The van der Waals surface area contributed by atoms with E-state index in [1.807, 2.05) is 6.92 Å². The molecule has 0 aliphatic rings. The number of halogens is 1.